The van der Waals surface area contributed by atoms with Crippen molar-refractivity contribution in [2.45, 2.75) is 0 Å². The fourth-order valence-corrected chi connectivity index (χ4v) is 1.65. The fourth-order valence-electron chi connectivity index (χ4n) is 1.65. The number of phenolic OH excluding ortho intramolecular Hbond substituents is 1. The van der Waals surface area contributed by atoms with Gasteiger partial charge < -0.3 is 24.7 Å². The summed E-state index contributed by atoms with van der Waals surface area (Å²) >= 11 is 0. The highest BCUT2D eigenvalue weighted by atomic mass is 31.2. The summed E-state index contributed by atoms with van der Waals surface area (Å²) in [4.78, 5) is 23.8. The van der Waals surface area contributed by atoms with Crippen LogP contribution in [-0.4, -0.2) is 69.1 Å². The van der Waals surface area contributed by atoms with Crippen molar-refractivity contribution in [3.63, 3.8) is 0 Å². The molecule has 21 heavy (non-hydrogen) atoms. The molecule has 1 aliphatic rings. The van der Waals surface area contributed by atoms with Gasteiger partial charge in [-0.05, 0) is 19.2 Å². The van der Waals surface area contributed by atoms with E-state index in [1.807, 2.05) is 23.2 Å². The minimum Gasteiger partial charge on any atom is -0.507 e. The van der Waals surface area contributed by atoms with Crippen molar-refractivity contribution in [1.82, 2.24) is 9.91 Å². The summed E-state index contributed by atoms with van der Waals surface area (Å²) in [5.74, 6) is 0.278. The van der Waals surface area contributed by atoms with Crippen molar-refractivity contribution in [2.75, 3.05) is 33.2 Å². The Hall–Kier alpha value is -1.44. The minimum absolute atomic E-state index is 0.278. The third-order valence-corrected chi connectivity index (χ3v) is 2.78. The lowest BCUT2D eigenvalue weighted by Gasteiger charge is -2.30. The molecule has 0 bridgehead atoms. The van der Waals surface area contributed by atoms with Crippen molar-refractivity contribution < 1.29 is 24.4 Å². The van der Waals surface area contributed by atoms with E-state index < -0.39 is 7.82 Å². The van der Waals surface area contributed by atoms with Crippen LogP contribution in [0.1, 0.15) is 5.56 Å². The van der Waals surface area contributed by atoms with Crippen LogP contribution in [0.4, 0.5) is 0 Å². The van der Waals surface area contributed by atoms with Crippen LogP contribution in [0.3, 0.4) is 0 Å². The molecule has 8 nitrogen and oxygen atoms in total. The summed E-state index contributed by atoms with van der Waals surface area (Å²) in [5, 5.41) is 16.0. The number of phosphoric acid groups is 1. The fraction of sp³-hybridized carbons (Fsp3) is 0.417. The summed E-state index contributed by atoms with van der Waals surface area (Å²) < 4.78 is 8.88. The standard InChI is InChI=1S/C12H17N3O.H3O4P/c1-14-6-8-15(9-7-14)13-10-11-4-2-3-5-12(11)16;1-5(2,3)4/h2-5,10,16H,6-9H2,1H3;(H3,1,2,3,4)/b13-10+;. The normalized spacial score (nSPS) is 16.7. The van der Waals surface area contributed by atoms with Gasteiger partial charge in [-0.2, -0.15) is 5.10 Å². The molecule has 0 aromatic heterocycles. The average molecular weight is 317 g/mol. The number of piperazine rings is 1. The zero-order chi connectivity index (χ0) is 15.9. The Morgan fingerprint density at radius 3 is 2.19 bits per heavy atom. The molecule has 0 spiro atoms. The third-order valence-electron chi connectivity index (χ3n) is 2.78. The first-order chi connectivity index (χ1) is 9.75. The van der Waals surface area contributed by atoms with Gasteiger partial charge in [0.2, 0.25) is 0 Å². The van der Waals surface area contributed by atoms with Gasteiger partial charge in [-0.1, -0.05) is 12.1 Å². The van der Waals surface area contributed by atoms with E-state index in [1.165, 1.54) is 0 Å². The first-order valence-corrected chi connectivity index (χ1v) is 7.86. The maximum Gasteiger partial charge on any atom is 0.466 e. The molecule has 118 valence electrons. The van der Waals surface area contributed by atoms with E-state index in [1.54, 1.807) is 12.3 Å². The van der Waals surface area contributed by atoms with Gasteiger partial charge in [-0.15, -0.1) is 0 Å². The number of benzene rings is 1. The molecule has 0 atom stereocenters. The van der Waals surface area contributed by atoms with Gasteiger partial charge in [-0.25, -0.2) is 4.57 Å². The molecule has 1 fully saturated rings. The Morgan fingerprint density at radius 1 is 1.14 bits per heavy atom. The van der Waals surface area contributed by atoms with Crippen LogP contribution in [0.25, 0.3) is 0 Å². The number of likely N-dealkylation sites (N-methyl/N-ethyl adjacent to an activating group) is 1. The van der Waals surface area contributed by atoms with E-state index >= 15 is 0 Å². The maximum atomic E-state index is 9.56. The molecular formula is C12H20N3O5P. The Kier molecular flexibility index (Phi) is 6.80. The number of hydrogen-bond donors (Lipinski definition) is 4. The number of hydrogen-bond acceptors (Lipinski definition) is 5. The summed E-state index contributed by atoms with van der Waals surface area (Å²) in [6.07, 6.45) is 1.72. The molecule has 1 aliphatic heterocycles. The van der Waals surface area contributed by atoms with Crippen molar-refractivity contribution in [3.8, 4) is 5.75 Å². The minimum atomic E-state index is -4.64. The SMILES string of the molecule is CN1CCN(/N=C/c2ccccc2O)CC1.O=P(O)(O)O. The zero-order valence-electron chi connectivity index (χ0n) is 11.7. The lowest BCUT2D eigenvalue weighted by atomic mass is 10.2. The number of aromatic hydroxyl groups is 1. The number of hydrazone groups is 1. The van der Waals surface area contributed by atoms with Gasteiger partial charge in [0, 0.05) is 31.7 Å². The monoisotopic (exact) mass is 317 g/mol. The van der Waals surface area contributed by atoms with E-state index in [0.717, 1.165) is 31.7 Å². The topological polar surface area (TPSA) is 117 Å². The van der Waals surface area contributed by atoms with Crippen molar-refractivity contribution in [2.24, 2.45) is 5.10 Å². The number of para-hydroxylation sites is 1. The van der Waals surface area contributed by atoms with Crippen molar-refractivity contribution in [3.05, 3.63) is 29.8 Å². The quantitative estimate of drug-likeness (QED) is 0.449. The van der Waals surface area contributed by atoms with E-state index in [4.69, 9.17) is 19.2 Å². The molecule has 2 rings (SSSR count). The van der Waals surface area contributed by atoms with Gasteiger partial charge in [0.05, 0.1) is 6.21 Å². The van der Waals surface area contributed by atoms with Crippen LogP contribution in [0, 0.1) is 0 Å². The number of rotatable bonds is 2. The third kappa shape index (κ3) is 8.44. The van der Waals surface area contributed by atoms with E-state index in [0.29, 0.717) is 0 Å². The Bertz CT molecular complexity index is 503. The van der Waals surface area contributed by atoms with Gasteiger partial charge in [0.25, 0.3) is 0 Å². The maximum absolute atomic E-state index is 9.56. The molecule has 0 unspecified atom stereocenters. The second-order valence-corrected chi connectivity index (χ2v) is 5.60. The van der Waals surface area contributed by atoms with Crippen LogP contribution in [0.2, 0.25) is 0 Å². The van der Waals surface area contributed by atoms with E-state index in [2.05, 4.69) is 17.0 Å². The molecule has 0 radical (unpaired) electrons. The Labute approximate surface area is 123 Å². The van der Waals surface area contributed by atoms with Crippen LogP contribution < -0.4 is 0 Å². The number of phenols is 1. The van der Waals surface area contributed by atoms with Crippen LogP contribution in [0.15, 0.2) is 29.4 Å². The van der Waals surface area contributed by atoms with Gasteiger partial charge in [-0.3, -0.25) is 5.01 Å². The van der Waals surface area contributed by atoms with E-state index in [9.17, 15) is 5.11 Å². The number of nitrogens with zero attached hydrogens (tertiary/aromatic N) is 3. The summed E-state index contributed by atoms with van der Waals surface area (Å²) in [7, 11) is -2.52. The zero-order valence-corrected chi connectivity index (χ0v) is 12.6. The van der Waals surface area contributed by atoms with Crippen molar-refractivity contribution >= 4 is 14.0 Å². The molecule has 1 aromatic rings. The highest BCUT2D eigenvalue weighted by molar-refractivity contribution is 7.45. The molecule has 1 saturated heterocycles. The summed E-state index contributed by atoms with van der Waals surface area (Å²) in [5.41, 5.74) is 0.765. The Morgan fingerprint density at radius 2 is 1.67 bits per heavy atom. The second kappa shape index (κ2) is 8.11. The van der Waals surface area contributed by atoms with Crippen LogP contribution in [0.5, 0.6) is 5.75 Å². The average Bonchev–Trinajstić information content (AvgIpc) is 2.38. The predicted molar refractivity (Wildman–Crippen MR) is 79.0 cm³/mol. The van der Waals surface area contributed by atoms with Gasteiger partial charge in [0.15, 0.2) is 0 Å². The first-order valence-electron chi connectivity index (χ1n) is 6.29. The highest BCUT2D eigenvalue weighted by Crippen LogP contribution is 2.25. The van der Waals surface area contributed by atoms with Crippen molar-refractivity contribution in [1.29, 1.82) is 0 Å². The molecule has 4 N–H and O–H groups in total. The predicted octanol–water partition coefficient (Wildman–Crippen LogP) is 0.0449. The second-order valence-electron chi connectivity index (χ2n) is 4.57. The van der Waals surface area contributed by atoms with Gasteiger partial charge in [0.1, 0.15) is 5.75 Å². The smallest absolute Gasteiger partial charge is 0.466 e. The lowest BCUT2D eigenvalue weighted by molar-refractivity contribution is 0.159. The molecule has 0 saturated carbocycles. The molecule has 0 amide bonds. The Balaban J connectivity index is 0.000000383. The van der Waals surface area contributed by atoms with E-state index in [-0.39, 0.29) is 5.75 Å². The van der Waals surface area contributed by atoms with Gasteiger partial charge >= 0.3 is 7.82 Å². The summed E-state index contributed by atoms with van der Waals surface area (Å²) in [6.45, 7) is 3.97. The molecule has 1 heterocycles. The molecule has 9 heteroatoms. The summed E-state index contributed by atoms with van der Waals surface area (Å²) in [6, 6.07) is 7.23. The van der Waals surface area contributed by atoms with Crippen LogP contribution >= 0.6 is 7.82 Å². The molecular weight excluding hydrogens is 297 g/mol. The largest absolute Gasteiger partial charge is 0.507 e. The highest BCUT2D eigenvalue weighted by Gasteiger charge is 2.10. The van der Waals surface area contributed by atoms with Crippen LogP contribution in [-0.2, 0) is 4.57 Å². The first kappa shape index (κ1) is 17.6. The molecule has 1 aromatic carbocycles. The lowest BCUT2D eigenvalue weighted by Crippen LogP contribution is -2.41. The molecule has 0 aliphatic carbocycles.